The third-order valence-corrected chi connectivity index (χ3v) is 8.11. The van der Waals surface area contributed by atoms with E-state index in [1.165, 1.54) is 18.1 Å². The molecule has 2 aliphatic rings. The van der Waals surface area contributed by atoms with Gasteiger partial charge in [-0.25, -0.2) is 15.0 Å². The van der Waals surface area contributed by atoms with Gasteiger partial charge in [0, 0.05) is 29.0 Å². The topological polar surface area (TPSA) is 134 Å². The molecule has 180 valence electrons. The molecule has 0 radical (unpaired) electrons. The van der Waals surface area contributed by atoms with E-state index in [-0.39, 0.29) is 12.7 Å². The molecule has 10 nitrogen and oxygen atoms in total. The SMILES string of the molecule is C[C@H](N)C(=O)N1CCCC(CCn2c(Sc3cc4c(cc3Br)OCO4)nc3c(N)ncnc32)C1. The molecule has 1 amide bonds. The van der Waals surface area contributed by atoms with Crippen molar-refractivity contribution in [2.75, 3.05) is 25.6 Å². The quantitative estimate of drug-likeness (QED) is 0.477. The molecule has 1 fully saturated rings. The van der Waals surface area contributed by atoms with Gasteiger partial charge in [0.25, 0.3) is 0 Å². The maximum atomic E-state index is 12.4. The lowest BCUT2D eigenvalue weighted by Crippen LogP contribution is -2.47. The Morgan fingerprint density at radius 1 is 1.32 bits per heavy atom. The number of fused-ring (bicyclic) bond motifs is 2. The highest BCUT2D eigenvalue weighted by atomic mass is 79.9. The summed E-state index contributed by atoms with van der Waals surface area (Å²) in [5.74, 6) is 2.16. The van der Waals surface area contributed by atoms with Crippen LogP contribution in [0.2, 0.25) is 0 Å². The number of halogens is 1. The molecule has 0 saturated carbocycles. The summed E-state index contributed by atoms with van der Waals surface area (Å²) in [5.41, 5.74) is 13.2. The van der Waals surface area contributed by atoms with Gasteiger partial charge in [0.15, 0.2) is 33.6 Å². The number of nitrogen functional groups attached to an aromatic ring is 1. The second kappa shape index (κ2) is 9.59. The summed E-state index contributed by atoms with van der Waals surface area (Å²) >= 11 is 5.13. The minimum absolute atomic E-state index is 0.0159. The molecule has 12 heteroatoms. The number of ether oxygens (including phenoxy) is 2. The van der Waals surface area contributed by atoms with Crippen molar-refractivity contribution in [3.63, 3.8) is 0 Å². The van der Waals surface area contributed by atoms with Crippen LogP contribution in [-0.4, -0.2) is 56.3 Å². The second-order valence-electron chi connectivity index (χ2n) is 8.58. The first-order valence-electron chi connectivity index (χ1n) is 11.2. The van der Waals surface area contributed by atoms with Crippen molar-refractivity contribution in [1.29, 1.82) is 0 Å². The molecule has 1 aromatic carbocycles. The summed E-state index contributed by atoms with van der Waals surface area (Å²) in [6, 6.07) is 3.37. The minimum Gasteiger partial charge on any atom is -0.454 e. The number of hydrogen-bond donors (Lipinski definition) is 2. The Balaban J connectivity index is 1.40. The maximum absolute atomic E-state index is 12.4. The summed E-state index contributed by atoms with van der Waals surface area (Å²) in [6.07, 6.45) is 4.40. The van der Waals surface area contributed by atoms with Crippen molar-refractivity contribution >= 4 is 50.6 Å². The summed E-state index contributed by atoms with van der Waals surface area (Å²) in [5, 5.41) is 0.765. The highest BCUT2D eigenvalue weighted by Crippen LogP contribution is 2.43. The molecular weight excluding hydrogens is 522 g/mol. The van der Waals surface area contributed by atoms with Gasteiger partial charge in [0.1, 0.15) is 6.33 Å². The number of nitrogens with two attached hydrogens (primary N) is 2. The number of nitrogens with zero attached hydrogens (tertiary/aromatic N) is 5. The first-order chi connectivity index (χ1) is 16.4. The number of carbonyl (C=O) groups is 1. The molecular formula is C22H26BrN7O3S. The number of carbonyl (C=O) groups excluding carboxylic acids is 1. The molecule has 2 atom stereocenters. The smallest absolute Gasteiger partial charge is 0.239 e. The van der Waals surface area contributed by atoms with Crippen molar-refractivity contribution in [1.82, 2.24) is 24.4 Å². The van der Waals surface area contributed by atoms with Crippen LogP contribution >= 0.6 is 27.7 Å². The number of likely N-dealkylation sites (tertiary alicyclic amines) is 1. The monoisotopic (exact) mass is 547 g/mol. The van der Waals surface area contributed by atoms with Crippen molar-refractivity contribution in [2.45, 2.75) is 48.8 Å². The van der Waals surface area contributed by atoms with Gasteiger partial charge in [-0.15, -0.1) is 0 Å². The fourth-order valence-corrected chi connectivity index (χ4v) is 5.90. The molecule has 4 N–H and O–H groups in total. The Kier molecular flexibility index (Phi) is 6.54. The Bertz CT molecular complexity index is 1230. The Morgan fingerprint density at radius 2 is 2.12 bits per heavy atom. The highest BCUT2D eigenvalue weighted by Gasteiger charge is 2.26. The largest absolute Gasteiger partial charge is 0.454 e. The third-order valence-electron chi connectivity index (χ3n) is 6.13. The number of aryl methyl sites for hydroxylation is 1. The Morgan fingerprint density at radius 3 is 2.91 bits per heavy atom. The first kappa shape index (κ1) is 23.2. The predicted molar refractivity (Wildman–Crippen MR) is 132 cm³/mol. The lowest BCUT2D eigenvalue weighted by atomic mass is 9.94. The number of aromatic nitrogens is 4. The van der Waals surface area contributed by atoms with E-state index < -0.39 is 6.04 Å². The fourth-order valence-electron chi connectivity index (χ4n) is 4.39. The van der Waals surface area contributed by atoms with Crippen LogP contribution in [0.1, 0.15) is 26.2 Å². The number of amides is 1. The van der Waals surface area contributed by atoms with Crippen molar-refractivity contribution in [2.24, 2.45) is 11.7 Å². The van der Waals surface area contributed by atoms with E-state index >= 15 is 0 Å². The van der Waals surface area contributed by atoms with Crippen molar-refractivity contribution in [3.8, 4) is 11.5 Å². The average molecular weight is 548 g/mol. The van der Waals surface area contributed by atoms with E-state index in [0.717, 1.165) is 46.9 Å². The van der Waals surface area contributed by atoms with Crippen molar-refractivity contribution < 1.29 is 14.3 Å². The van der Waals surface area contributed by atoms with Crippen LogP contribution in [0.25, 0.3) is 11.2 Å². The van der Waals surface area contributed by atoms with E-state index in [1.807, 2.05) is 17.0 Å². The molecule has 0 bridgehead atoms. The number of rotatable bonds is 6. The lowest BCUT2D eigenvalue weighted by Gasteiger charge is -2.34. The number of hydrogen-bond acceptors (Lipinski definition) is 9. The number of piperidine rings is 1. The van der Waals surface area contributed by atoms with Crippen LogP contribution < -0.4 is 20.9 Å². The molecule has 2 aromatic heterocycles. The molecule has 34 heavy (non-hydrogen) atoms. The van der Waals surface area contributed by atoms with Crippen LogP contribution in [0.3, 0.4) is 0 Å². The van der Waals surface area contributed by atoms with Crippen LogP contribution in [0.4, 0.5) is 5.82 Å². The van der Waals surface area contributed by atoms with Gasteiger partial charge in [0.05, 0.1) is 6.04 Å². The van der Waals surface area contributed by atoms with Gasteiger partial charge >= 0.3 is 0 Å². The minimum atomic E-state index is -0.473. The Labute approximate surface area is 209 Å². The molecule has 1 saturated heterocycles. The summed E-state index contributed by atoms with van der Waals surface area (Å²) < 4.78 is 14.0. The van der Waals surface area contributed by atoms with E-state index in [2.05, 4.69) is 30.5 Å². The van der Waals surface area contributed by atoms with E-state index in [0.29, 0.717) is 40.9 Å². The molecule has 2 aliphatic heterocycles. The van der Waals surface area contributed by atoms with Crippen LogP contribution in [-0.2, 0) is 11.3 Å². The molecule has 0 spiro atoms. The van der Waals surface area contributed by atoms with Gasteiger partial charge in [-0.2, -0.15) is 0 Å². The second-order valence-corrected chi connectivity index (χ2v) is 10.4. The third kappa shape index (κ3) is 4.53. The average Bonchev–Trinajstić information content (AvgIpc) is 3.42. The Hall–Kier alpha value is -2.57. The van der Waals surface area contributed by atoms with Crippen LogP contribution in [0.5, 0.6) is 11.5 Å². The van der Waals surface area contributed by atoms with Gasteiger partial charge in [-0.05, 0) is 60.2 Å². The van der Waals surface area contributed by atoms with Gasteiger partial charge in [0.2, 0.25) is 12.7 Å². The summed E-state index contributed by atoms with van der Waals surface area (Å²) in [7, 11) is 0. The maximum Gasteiger partial charge on any atom is 0.239 e. The number of benzene rings is 1. The van der Waals surface area contributed by atoms with E-state index in [4.69, 9.17) is 25.9 Å². The fraction of sp³-hybridized carbons (Fsp3) is 0.455. The van der Waals surface area contributed by atoms with E-state index in [9.17, 15) is 4.79 Å². The molecule has 0 aliphatic carbocycles. The first-order valence-corrected chi connectivity index (χ1v) is 12.8. The van der Waals surface area contributed by atoms with Gasteiger partial charge in [-0.3, -0.25) is 4.79 Å². The zero-order valence-corrected chi connectivity index (χ0v) is 21.1. The molecule has 1 unspecified atom stereocenters. The summed E-state index contributed by atoms with van der Waals surface area (Å²) in [4.78, 5) is 28.6. The molecule has 4 heterocycles. The number of imidazole rings is 1. The van der Waals surface area contributed by atoms with Gasteiger partial charge in [-0.1, -0.05) is 11.8 Å². The zero-order valence-electron chi connectivity index (χ0n) is 18.7. The van der Waals surface area contributed by atoms with Crippen molar-refractivity contribution in [3.05, 3.63) is 22.9 Å². The molecule has 3 aromatic rings. The predicted octanol–water partition coefficient (Wildman–Crippen LogP) is 3.03. The number of anilines is 1. The summed E-state index contributed by atoms with van der Waals surface area (Å²) in [6.45, 7) is 4.15. The van der Waals surface area contributed by atoms with Crippen LogP contribution in [0, 0.1) is 5.92 Å². The lowest BCUT2D eigenvalue weighted by molar-refractivity contribution is -0.134. The molecule has 5 rings (SSSR count). The van der Waals surface area contributed by atoms with E-state index in [1.54, 1.807) is 6.92 Å². The standard InChI is InChI=1S/C22H26BrN7O3S/c1-12(24)21(31)29-5-2-3-13(9-29)4-6-30-20-18(19(25)26-10-27-20)28-22(30)34-17-8-16-15(7-14(17)23)32-11-33-16/h7-8,10,12-13H,2-6,9,11,24H2,1H3,(H2,25,26,27)/t12-,13?/m0/s1. The van der Waals surface area contributed by atoms with Gasteiger partial charge < -0.3 is 30.4 Å². The highest BCUT2D eigenvalue weighted by molar-refractivity contribution is 9.10. The normalized spacial score (nSPS) is 18.4. The zero-order chi connectivity index (χ0) is 23.8. The van der Waals surface area contributed by atoms with Crippen LogP contribution in [0.15, 0.2) is 33.0 Å².